The Bertz CT molecular complexity index is 561. The van der Waals surface area contributed by atoms with E-state index in [2.05, 4.69) is 5.32 Å². The zero-order valence-electron chi connectivity index (χ0n) is 14.9. The van der Waals surface area contributed by atoms with Gasteiger partial charge < -0.3 is 15.2 Å². The van der Waals surface area contributed by atoms with Crippen molar-refractivity contribution in [3.05, 3.63) is 12.2 Å². The second kappa shape index (κ2) is 9.03. The van der Waals surface area contributed by atoms with E-state index in [0.717, 1.165) is 18.4 Å². The smallest absolute Gasteiger partial charge is 0.407 e. The minimum Gasteiger partial charge on any atom is -0.478 e. The van der Waals surface area contributed by atoms with Gasteiger partial charge in [-0.3, -0.25) is 4.18 Å². The molecule has 0 rings (SSSR count). The van der Waals surface area contributed by atoms with Gasteiger partial charge in [0.15, 0.2) is 0 Å². The monoisotopic (exact) mass is 365 g/mol. The number of carbonyl (C=O) groups excluding carboxylic acids is 1. The molecular formula is C15H27NO7S. The van der Waals surface area contributed by atoms with Crippen molar-refractivity contribution in [1.29, 1.82) is 0 Å². The van der Waals surface area contributed by atoms with E-state index in [9.17, 15) is 18.0 Å². The molecule has 0 aliphatic carbocycles. The molecule has 0 aromatic carbocycles. The number of carboxylic acids is 1. The number of ether oxygens (including phenoxy) is 1. The second-order valence-corrected chi connectivity index (χ2v) is 8.45. The van der Waals surface area contributed by atoms with Crippen molar-refractivity contribution in [2.75, 3.05) is 6.26 Å². The van der Waals surface area contributed by atoms with Crippen LogP contribution < -0.4 is 5.32 Å². The molecule has 8 nitrogen and oxygen atoms in total. The number of aliphatic carboxylic acids is 1. The molecule has 0 aliphatic rings. The van der Waals surface area contributed by atoms with Crippen LogP contribution in [0.25, 0.3) is 0 Å². The molecular weight excluding hydrogens is 338 g/mol. The predicted molar refractivity (Wildman–Crippen MR) is 89.1 cm³/mol. The molecule has 0 aromatic rings. The van der Waals surface area contributed by atoms with Crippen molar-refractivity contribution >= 4 is 22.2 Å². The molecule has 0 radical (unpaired) electrons. The summed E-state index contributed by atoms with van der Waals surface area (Å²) in [5, 5.41) is 11.3. The van der Waals surface area contributed by atoms with Gasteiger partial charge in [0, 0.05) is 6.08 Å². The third-order valence-corrected chi connectivity index (χ3v) is 3.11. The lowest BCUT2D eigenvalue weighted by molar-refractivity contribution is -0.131. The number of carboxylic acid groups (broad SMARTS) is 1. The first-order valence-electron chi connectivity index (χ1n) is 7.48. The molecule has 2 unspecified atom stereocenters. The summed E-state index contributed by atoms with van der Waals surface area (Å²) in [5.74, 6) is -1.16. The van der Waals surface area contributed by atoms with Gasteiger partial charge in [0.25, 0.3) is 10.1 Å². The molecule has 24 heavy (non-hydrogen) atoms. The number of hydrogen-bond acceptors (Lipinski definition) is 6. The Labute approximate surface area is 143 Å². The Morgan fingerprint density at radius 3 is 2.17 bits per heavy atom. The zero-order chi connectivity index (χ0) is 19.1. The average Bonchev–Trinajstić information content (AvgIpc) is 2.28. The van der Waals surface area contributed by atoms with E-state index in [4.69, 9.17) is 14.0 Å². The first-order valence-corrected chi connectivity index (χ1v) is 9.30. The Kier molecular flexibility index (Phi) is 8.42. The lowest BCUT2D eigenvalue weighted by Crippen LogP contribution is -2.47. The Morgan fingerprint density at radius 2 is 1.79 bits per heavy atom. The topological polar surface area (TPSA) is 119 Å². The van der Waals surface area contributed by atoms with Crippen molar-refractivity contribution in [3.63, 3.8) is 0 Å². The van der Waals surface area contributed by atoms with Crippen LogP contribution in [0.4, 0.5) is 4.79 Å². The normalized spacial score (nSPS) is 15.3. The van der Waals surface area contributed by atoms with Crippen LogP contribution in [-0.2, 0) is 23.8 Å². The fraction of sp³-hybridized carbons (Fsp3) is 0.733. The van der Waals surface area contributed by atoms with Gasteiger partial charge in [0.05, 0.1) is 12.3 Å². The van der Waals surface area contributed by atoms with Gasteiger partial charge in [-0.15, -0.1) is 0 Å². The van der Waals surface area contributed by atoms with E-state index < -0.39 is 39.9 Å². The second-order valence-electron chi connectivity index (χ2n) is 6.84. The quantitative estimate of drug-likeness (QED) is 0.498. The van der Waals surface area contributed by atoms with Crippen molar-refractivity contribution in [1.82, 2.24) is 5.32 Å². The number of amides is 1. The predicted octanol–water partition coefficient (Wildman–Crippen LogP) is 1.91. The maximum atomic E-state index is 12.0. The molecule has 0 bridgehead atoms. The summed E-state index contributed by atoms with van der Waals surface area (Å²) in [6.07, 6.45) is 1.19. The van der Waals surface area contributed by atoms with Crippen molar-refractivity contribution in [2.24, 2.45) is 5.92 Å². The largest absolute Gasteiger partial charge is 0.478 e. The molecule has 9 heteroatoms. The molecule has 1 amide bonds. The fourth-order valence-electron chi connectivity index (χ4n) is 1.85. The highest BCUT2D eigenvalue weighted by atomic mass is 32.2. The minimum absolute atomic E-state index is 0.0915. The van der Waals surface area contributed by atoms with E-state index in [1.54, 1.807) is 20.8 Å². The van der Waals surface area contributed by atoms with Crippen LogP contribution in [0.5, 0.6) is 0 Å². The molecule has 2 N–H and O–H groups in total. The van der Waals surface area contributed by atoms with Gasteiger partial charge >= 0.3 is 12.1 Å². The van der Waals surface area contributed by atoms with Crippen molar-refractivity contribution in [2.45, 2.75) is 58.8 Å². The Balaban J connectivity index is 5.42. The van der Waals surface area contributed by atoms with E-state index in [1.165, 1.54) is 0 Å². The van der Waals surface area contributed by atoms with E-state index in [0.29, 0.717) is 6.42 Å². The number of hydrogen-bond donors (Lipinski definition) is 2. The van der Waals surface area contributed by atoms with E-state index in [1.807, 2.05) is 13.8 Å². The Hall–Kier alpha value is -1.61. The summed E-state index contributed by atoms with van der Waals surface area (Å²) in [6, 6.07) is -0.773. The highest BCUT2D eigenvalue weighted by molar-refractivity contribution is 7.86. The molecule has 0 saturated heterocycles. The zero-order valence-corrected chi connectivity index (χ0v) is 15.7. The van der Waals surface area contributed by atoms with Gasteiger partial charge in [-0.25, -0.2) is 9.59 Å². The van der Waals surface area contributed by atoms with E-state index in [-0.39, 0.29) is 5.92 Å². The lowest BCUT2D eigenvalue weighted by Gasteiger charge is -2.28. The third-order valence-electron chi connectivity index (χ3n) is 2.54. The van der Waals surface area contributed by atoms with Gasteiger partial charge in [-0.05, 0) is 39.2 Å². The molecule has 0 heterocycles. The van der Waals surface area contributed by atoms with Gasteiger partial charge in [-0.1, -0.05) is 13.8 Å². The maximum absolute atomic E-state index is 12.0. The fourth-order valence-corrected chi connectivity index (χ4v) is 2.46. The molecule has 0 aromatic heterocycles. The molecule has 0 saturated carbocycles. The number of rotatable bonds is 8. The number of nitrogens with one attached hydrogen (secondary N) is 1. The molecule has 0 fully saturated rings. The first kappa shape index (κ1) is 22.4. The van der Waals surface area contributed by atoms with Crippen LogP contribution in [0.2, 0.25) is 0 Å². The summed E-state index contributed by atoms with van der Waals surface area (Å²) >= 11 is 0. The van der Waals surface area contributed by atoms with Crippen LogP contribution in [0, 0.1) is 5.92 Å². The van der Waals surface area contributed by atoms with Crippen LogP contribution in [0.15, 0.2) is 12.2 Å². The number of alkyl carbamates (subject to hydrolysis) is 1. The number of carbonyl (C=O) groups is 2. The summed E-state index contributed by atoms with van der Waals surface area (Å²) < 4.78 is 33.0. The average molecular weight is 365 g/mol. The van der Waals surface area contributed by atoms with Crippen molar-refractivity contribution in [3.8, 4) is 0 Å². The van der Waals surface area contributed by atoms with Crippen molar-refractivity contribution < 1.29 is 32.0 Å². The van der Waals surface area contributed by atoms with Gasteiger partial charge in [0.2, 0.25) is 0 Å². The maximum Gasteiger partial charge on any atom is 0.407 e. The lowest BCUT2D eigenvalue weighted by atomic mass is 9.99. The summed E-state index contributed by atoms with van der Waals surface area (Å²) in [4.78, 5) is 22.7. The van der Waals surface area contributed by atoms with E-state index >= 15 is 0 Å². The molecule has 140 valence electrons. The third kappa shape index (κ3) is 11.9. The van der Waals surface area contributed by atoms with Crippen LogP contribution in [-0.4, -0.2) is 49.6 Å². The summed E-state index contributed by atoms with van der Waals surface area (Å²) in [5.41, 5.74) is -0.726. The minimum atomic E-state index is -3.86. The molecule has 2 atom stereocenters. The standard InChI is InChI=1S/C15H27NO7S/c1-10(2)9-11(16-14(19)22-15(3,4)5)12(7-8-13(17)18)23-24(6,20)21/h7-8,10-12H,9H2,1-6H3,(H,16,19)(H,17,18)/b8-7+. The van der Waals surface area contributed by atoms with Crippen LogP contribution >= 0.6 is 0 Å². The van der Waals surface area contributed by atoms with Crippen LogP contribution in [0.1, 0.15) is 41.0 Å². The Morgan fingerprint density at radius 1 is 1.25 bits per heavy atom. The highest BCUT2D eigenvalue weighted by Gasteiger charge is 2.28. The first-order chi connectivity index (χ1) is 10.7. The van der Waals surface area contributed by atoms with Gasteiger partial charge in [-0.2, -0.15) is 8.42 Å². The molecule has 0 aliphatic heterocycles. The van der Waals surface area contributed by atoms with Crippen LogP contribution in [0.3, 0.4) is 0 Å². The SMILES string of the molecule is CC(C)CC(NC(=O)OC(C)(C)C)C(/C=C/C(=O)O)OS(C)(=O)=O. The summed E-state index contributed by atoms with van der Waals surface area (Å²) in [7, 11) is -3.86. The highest BCUT2D eigenvalue weighted by Crippen LogP contribution is 2.16. The summed E-state index contributed by atoms with van der Waals surface area (Å²) in [6.45, 7) is 8.83. The molecule has 0 spiro atoms. The van der Waals surface area contributed by atoms with Gasteiger partial charge in [0.1, 0.15) is 11.7 Å².